The number of hydrogen-bond donors (Lipinski definition) is 1. The SMILES string of the molecule is COc1ccc(S(=O)(=O)N2CCN(CC(=O)Nc3ccc(Br)cc3Cl)CC2)cc1. The van der Waals surface area contributed by atoms with Gasteiger partial charge in [-0.2, -0.15) is 4.31 Å². The van der Waals surface area contributed by atoms with Crippen LogP contribution < -0.4 is 10.1 Å². The zero-order chi connectivity index (χ0) is 21.0. The number of halogens is 2. The number of carbonyl (C=O) groups excluding carboxylic acids is 1. The monoisotopic (exact) mass is 501 g/mol. The van der Waals surface area contributed by atoms with E-state index in [0.717, 1.165) is 4.47 Å². The Morgan fingerprint density at radius 2 is 1.79 bits per heavy atom. The molecule has 7 nitrogen and oxygen atoms in total. The summed E-state index contributed by atoms with van der Waals surface area (Å²) in [5.41, 5.74) is 0.542. The number of methoxy groups -OCH3 is 1. The van der Waals surface area contributed by atoms with Crippen molar-refractivity contribution in [2.45, 2.75) is 4.90 Å². The van der Waals surface area contributed by atoms with Gasteiger partial charge in [-0.05, 0) is 42.5 Å². The first-order valence-corrected chi connectivity index (χ1v) is 11.5. The van der Waals surface area contributed by atoms with Crippen molar-refractivity contribution in [3.63, 3.8) is 0 Å². The second kappa shape index (κ2) is 9.44. The van der Waals surface area contributed by atoms with Gasteiger partial charge in [0.15, 0.2) is 0 Å². The third-order valence-electron chi connectivity index (χ3n) is 4.60. The van der Waals surface area contributed by atoms with E-state index in [2.05, 4.69) is 21.2 Å². The molecule has 0 aromatic heterocycles. The summed E-state index contributed by atoms with van der Waals surface area (Å²) in [5, 5.41) is 3.23. The van der Waals surface area contributed by atoms with E-state index in [1.165, 1.54) is 23.5 Å². The average Bonchev–Trinajstić information content (AvgIpc) is 2.70. The van der Waals surface area contributed by atoms with Crippen molar-refractivity contribution < 1.29 is 17.9 Å². The molecule has 0 spiro atoms. The highest BCUT2D eigenvalue weighted by Gasteiger charge is 2.29. The smallest absolute Gasteiger partial charge is 0.243 e. The quantitative estimate of drug-likeness (QED) is 0.657. The highest BCUT2D eigenvalue weighted by Crippen LogP contribution is 2.25. The zero-order valence-electron chi connectivity index (χ0n) is 15.8. The van der Waals surface area contributed by atoms with Gasteiger partial charge in [0.05, 0.1) is 29.3 Å². The summed E-state index contributed by atoms with van der Waals surface area (Å²) in [7, 11) is -2.04. The van der Waals surface area contributed by atoms with Crippen molar-refractivity contribution in [2.24, 2.45) is 0 Å². The van der Waals surface area contributed by atoms with Gasteiger partial charge < -0.3 is 10.1 Å². The van der Waals surface area contributed by atoms with Crippen LogP contribution in [0, 0.1) is 0 Å². The maximum absolute atomic E-state index is 12.8. The molecule has 0 aliphatic carbocycles. The Kier molecular flexibility index (Phi) is 7.18. The summed E-state index contributed by atoms with van der Waals surface area (Å²) < 4.78 is 32.9. The van der Waals surface area contributed by atoms with Crippen molar-refractivity contribution in [3.8, 4) is 5.75 Å². The summed E-state index contributed by atoms with van der Waals surface area (Å²) in [6, 6.07) is 11.6. The summed E-state index contributed by atoms with van der Waals surface area (Å²) in [6.45, 7) is 1.75. The van der Waals surface area contributed by atoms with Crippen LogP contribution in [0.4, 0.5) is 5.69 Å². The first-order chi connectivity index (χ1) is 13.8. The number of anilines is 1. The molecule has 1 fully saturated rings. The van der Waals surface area contributed by atoms with Crippen molar-refractivity contribution >= 4 is 49.1 Å². The van der Waals surface area contributed by atoms with E-state index in [0.29, 0.717) is 42.6 Å². The molecular formula is C19H21BrClN3O4S. The van der Waals surface area contributed by atoms with Gasteiger partial charge in [0.1, 0.15) is 5.75 Å². The highest BCUT2D eigenvalue weighted by molar-refractivity contribution is 9.10. The van der Waals surface area contributed by atoms with E-state index in [-0.39, 0.29) is 17.3 Å². The molecule has 156 valence electrons. The van der Waals surface area contributed by atoms with Crippen LogP contribution in [0.2, 0.25) is 5.02 Å². The number of nitrogens with zero attached hydrogens (tertiary/aromatic N) is 2. The molecule has 1 aliphatic rings. The Balaban J connectivity index is 1.54. The first kappa shape index (κ1) is 22.0. The lowest BCUT2D eigenvalue weighted by Gasteiger charge is -2.33. The lowest BCUT2D eigenvalue weighted by molar-refractivity contribution is -0.117. The zero-order valence-corrected chi connectivity index (χ0v) is 18.9. The predicted molar refractivity (Wildman–Crippen MR) is 116 cm³/mol. The lowest BCUT2D eigenvalue weighted by Crippen LogP contribution is -2.50. The van der Waals surface area contributed by atoms with Crippen LogP contribution in [0.5, 0.6) is 5.75 Å². The van der Waals surface area contributed by atoms with E-state index < -0.39 is 10.0 Å². The lowest BCUT2D eigenvalue weighted by atomic mass is 10.3. The minimum absolute atomic E-state index is 0.169. The van der Waals surface area contributed by atoms with Crippen molar-refractivity contribution in [1.29, 1.82) is 0 Å². The second-order valence-corrected chi connectivity index (χ2v) is 9.79. The highest BCUT2D eigenvalue weighted by atomic mass is 79.9. The van der Waals surface area contributed by atoms with Gasteiger partial charge in [-0.15, -0.1) is 0 Å². The number of piperazine rings is 1. The first-order valence-electron chi connectivity index (χ1n) is 8.91. The average molecular weight is 503 g/mol. The minimum Gasteiger partial charge on any atom is -0.497 e. The molecule has 1 amide bonds. The number of amides is 1. The molecule has 1 aliphatic heterocycles. The summed E-state index contributed by atoms with van der Waals surface area (Å²) in [4.78, 5) is 14.5. The summed E-state index contributed by atoms with van der Waals surface area (Å²) in [5.74, 6) is 0.409. The maximum Gasteiger partial charge on any atom is 0.243 e. The van der Waals surface area contributed by atoms with Gasteiger partial charge in [0.25, 0.3) is 0 Å². The fraction of sp³-hybridized carbons (Fsp3) is 0.316. The maximum atomic E-state index is 12.8. The van der Waals surface area contributed by atoms with Crippen LogP contribution in [0.25, 0.3) is 0 Å². The van der Waals surface area contributed by atoms with Crippen LogP contribution in [0.3, 0.4) is 0 Å². The Bertz CT molecular complexity index is 977. The van der Waals surface area contributed by atoms with Gasteiger partial charge in [-0.1, -0.05) is 27.5 Å². The molecule has 29 heavy (non-hydrogen) atoms. The van der Waals surface area contributed by atoms with Crippen LogP contribution in [-0.2, 0) is 14.8 Å². The van der Waals surface area contributed by atoms with Crippen molar-refractivity contribution in [1.82, 2.24) is 9.21 Å². The predicted octanol–water partition coefficient (Wildman–Crippen LogP) is 3.06. The Morgan fingerprint density at radius 1 is 1.14 bits per heavy atom. The molecule has 0 radical (unpaired) electrons. The van der Waals surface area contributed by atoms with Crippen molar-refractivity contribution in [3.05, 3.63) is 52.0 Å². The topological polar surface area (TPSA) is 79.0 Å². The second-order valence-electron chi connectivity index (χ2n) is 6.53. The van der Waals surface area contributed by atoms with E-state index >= 15 is 0 Å². The summed E-state index contributed by atoms with van der Waals surface area (Å²) in [6.07, 6.45) is 0. The number of sulfonamides is 1. The molecule has 1 heterocycles. The fourth-order valence-corrected chi connectivity index (χ4v) is 5.15. The van der Waals surface area contributed by atoms with Gasteiger partial charge in [0.2, 0.25) is 15.9 Å². The third-order valence-corrected chi connectivity index (χ3v) is 7.32. The molecule has 0 bridgehead atoms. The molecule has 3 rings (SSSR count). The van der Waals surface area contributed by atoms with E-state index in [9.17, 15) is 13.2 Å². The fourth-order valence-electron chi connectivity index (χ4n) is 3.01. The normalized spacial score (nSPS) is 15.8. The number of rotatable bonds is 6. The van der Waals surface area contributed by atoms with E-state index in [1.54, 1.807) is 30.3 Å². The third kappa shape index (κ3) is 5.49. The van der Waals surface area contributed by atoms with Crippen LogP contribution in [-0.4, -0.2) is 63.4 Å². The molecule has 0 saturated carbocycles. The largest absolute Gasteiger partial charge is 0.497 e. The molecule has 1 N–H and O–H groups in total. The molecule has 2 aromatic carbocycles. The van der Waals surface area contributed by atoms with Crippen LogP contribution in [0.15, 0.2) is 51.8 Å². The Labute approximate surface area is 183 Å². The number of nitrogens with one attached hydrogen (secondary N) is 1. The number of hydrogen-bond acceptors (Lipinski definition) is 5. The van der Waals surface area contributed by atoms with Gasteiger partial charge in [-0.3, -0.25) is 9.69 Å². The van der Waals surface area contributed by atoms with E-state index in [4.69, 9.17) is 16.3 Å². The molecule has 0 unspecified atom stereocenters. The minimum atomic E-state index is -3.57. The molecule has 2 aromatic rings. The van der Waals surface area contributed by atoms with Gasteiger partial charge in [0, 0.05) is 30.7 Å². The standard InChI is InChI=1S/C19H21BrClN3O4S/c1-28-15-3-5-16(6-4-15)29(26,27)24-10-8-23(9-11-24)13-19(25)22-18-7-2-14(20)12-17(18)21/h2-7,12H,8-11,13H2,1H3,(H,22,25). The number of ether oxygens (including phenoxy) is 1. The van der Waals surface area contributed by atoms with Gasteiger partial charge >= 0.3 is 0 Å². The number of carbonyl (C=O) groups is 1. The van der Waals surface area contributed by atoms with Gasteiger partial charge in [-0.25, -0.2) is 8.42 Å². The molecular weight excluding hydrogens is 482 g/mol. The molecule has 0 atom stereocenters. The van der Waals surface area contributed by atoms with Crippen LogP contribution >= 0.6 is 27.5 Å². The molecule has 1 saturated heterocycles. The molecule has 10 heteroatoms. The van der Waals surface area contributed by atoms with Crippen molar-refractivity contribution in [2.75, 3.05) is 45.2 Å². The number of benzene rings is 2. The van der Waals surface area contributed by atoms with E-state index in [1.807, 2.05) is 4.90 Å². The Morgan fingerprint density at radius 3 is 2.38 bits per heavy atom. The van der Waals surface area contributed by atoms with Crippen LogP contribution in [0.1, 0.15) is 0 Å². The Hall–Kier alpha value is -1.65. The summed E-state index contributed by atoms with van der Waals surface area (Å²) >= 11 is 9.45.